The fourth-order valence-electron chi connectivity index (χ4n) is 2.66. The quantitative estimate of drug-likeness (QED) is 0.528. The molecule has 1 amide bonds. The predicted molar refractivity (Wildman–Crippen MR) is 100 cm³/mol. The molecule has 0 unspecified atom stereocenters. The third-order valence-electron chi connectivity index (χ3n) is 3.89. The van der Waals surface area contributed by atoms with E-state index in [1.807, 2.05) is 30.3 Å². The summed E-state index contributed by atoms with van der Waals surface area (Å²) in [4.78, 5) is 25.3. The molecule has 128 valence electrons. The number of nitrogens with zero attached hydrogens (tertiary/aromatic N) is 1. The van der Waals surface area contributed by atoms with E-state index < -0.39 is 11.5 Å². The first-order chi connectivity index (χ1) is 12.1. The van der Waals surface area contributed by atoms with Gasteiger partial charge in [-0.15, -0.1) is 17.9 Å². The van der Waals surface area contributed by atoms with Crippen LogP contribution >= 0.6 is 11.3 Å². The highest BCUT2D eigenvalue weighted by atomic mass is 32.1. The second kappa shape index (κ2) is 7.36. The molecular weight excluding hydrogens is 336 g/mol. The third-order valence-corrected chi connectivity index (χ3v) is 4.80. The molecule has 2 N–H and O–H groups in total. The largest absolute Gasteiger partial charge is 0.505 e. The maximum Gasteiger partial charge on any atom is 0.268 e. The van der Waals surface area contributed by atoms with Crippen LogP contribution in [0.3, 0.4) is 0 Å². The normalized spacial score (nSPS) is 10.7. The van der Waals surface area contributed by atoms with Gasteiger partial charge < -0.3 is 15.0 Å². The topological polar surface area (TPSA) is 71.3 Å². The zero-order chi connectivity index (χ0) is 17.8. The monoisotopic (exact) mass is 354 g/mol. The summed E-state index contributed by atoms with van der Waals surface area (Å²) in [5.74, 6) is -0.822. The molecule has 3 aromatic rings. The fraction of sp³-hybridized carbons (Fsp3) is 0.158. The van der Waals surface area contributed by atoms with Crippen molar-refractivity contribution in [1.29, 1.82) is 0 Å². The number of aromatic nitrogens is 1. The van der Waals surface area contributed by atoms with Crippen LogP contribution in [0.5, 0.6) is 5.75 Å². The average Bonchev–Trinajstić information content (AvgIpc) is 3.10. The number of fused-ring (bicyclic) bond motifs is 1. The Labute approximate surface area is 148 Å². The highest BCUT2D eigenvalue weighted by molar-refractivity contribution is 7.17. The van der Waals surface area contributed by atoms with E-state index in [-0.39, 0.29) is 11.3 Å². The summed E-state index contributed by atoms with van der Waals surface area (Å²) in [6.07, 6.45) is 2.27. The lowest BCUT2D eigenvalue weighted by Crippen LogP contribution is -2.33. The van der Waals surface area contributed by atoms with Gasteiger partial charge in [-0.1, -0.05) is 36.4 Å². The first-order valence-corrected chi connectivity index (χ1v) is 8.77. The Morgan fingerprint density at radius 1 is 1.28 bits per heavy atom. The van der Waals surface area contributed by atoms with Gasteiger partial charge >= 0.3 is 0 Å². The van der Waals surface area contributed by atoms with Gasteiger partial charge in [0.15, 0.2) is 5.75 Å². The number of rotatable bonds is 6. The number of aromatic hydroxyl groups is 1. The second-order valence-corrected chi connectivity index (χ2v) is 6.48. The van der Waals surface area contributed by atoms with E-state index in [4.69, 9.17) is 0 Å². The second-order valence-electron chi connectivity index (χ2n) is 5.57. The lowest BCUT2D eigenvalue weighted by atomic mass is 10.1. The van der Waals surface area contributed by atoms with E-state index in [2.05, 4.69) is 11.9 Å². The van der Waals surface area contributed by atoms with Crippen LogP contribution in [-0.2, 0) is 6.54 Å². The van der Waals surface area contributed by atoms with Crippen molar-refractivity contribution in [3.8, 4) is 5.75 Å². The molecule has 0 radical (unpaired) electrons. The van der Waals surface area contributed by atoms with Gasteiger partial charge in [0.05, 0.1) is 16.8 Å². The molecule has 0 aliphatic rings. The van der Waals surface area contributed by atoms with Gasteiger partial charge in [-0.25, -0.2) is 0 Å². The molecule has 1 aromatic carbocycles. The summed E-state index contributed by atoms with van der Waals surface area (Å²) in [6, 6.07) is 11.3. The van der Waals surface area contributed by atoms with E-state index in [9.17, 15) is 14.7 Å². The summed E-state index contributed by atoms with van der Waals surface area (Å²) >= 11 is 1.30. The molecule has 0 bridgehead atoms. The van der Waals surface area contributed by atoms with Crippen LogP contribution in [0.15, 0.2) is 59.2 Å². The molecule has 25 heavy (non-hydrogen) atoms. The summed E-state index contributed by atoms with van der Waals surface area (Å²) in [7, 11) is 0. The predicted octanol–water partition coefficient (Wildman–Crippen LogP) is 3.12. The van der Waals surface area contributed by atoms with Crippen molar-refractivity contribution < 1.29 is 9.90 Å². The molecule has 2 heterocycles. The molecule has 0 saturated heterocycles. The number of pyridine rings is 1. The lowest BCUT2D eigenvalue weighted by molar-refractivity contribution is 0.0950. The number of thiophene rings is 1. The van der Waals surface area contributed by atoms with Crippen LogP contribution in [0.25, 0.3) is 10.2 Å². The maximum absolute atomic E-state index is 12.9. The van der Waals surface area contributed by atoms with Crippen molar-refractivity contribution in [2.75, 3.05) is 6.54 Å². The first kappa shape index (κ1) is 17.0. The number of carbonyl (C=O) groups is 1. The van der Waals surface area contributed by atoms with Crippen molar-refractivity contribution in [3.05, 3.63) is 75.9 Å². The van der Waals surface area contributed by atoms with Crippen LogP contribution in [0.2, 0.25) is 0 Å². The van der Waals surface area contributed by atoms with E-state index in [0.29, 0.717) is 29.7 Å². The molecular formula is C19H18N2O3S. The zero-order valence-corrected chi connectivity index (χ0v) is 14.4. The standard InChI is InChI=1S/C19H18N2O3S/c1-2-3-10-20-18(23)15-16(22)17-14(9-11-25-17)21(19(15)24)12-13-7-5-4-6-8-13/h2,4-9,11,22H,1,3,10,12H2,(H,20,23). The first-order valence-electron chi connectivity index (χ1n) is 7.89. The Bertz CT molecular complexity index is 973. The van der Waals surface area contributed by atoms with Gasteiger partial charge in [0.1, 0.15) is 5.56 Å². The van der Waals surface area contributed by atoms with Crippen LogP contribution in [0.1, 0.15) is 22.3 Å². The maximum atomic E-state index is 12.9. The number of hydrogen-bond acceptors (Lipinski definition) is 4. The molecule has 0 spiro atoms. The van der Waals surface area contributed by atoms with Crippen molar-refractivity contribution in [3.63, 3.8) is 0 Å². The number of hydrogen-bond donors (Lipinski definition) is 2. The third kappa shape index (κ3) is 3.34. The fourth-order valence-corrected chi connectivity index (χ4v) is 3.50. The van der Waals surface area contributed by atoms with Crippen LogP contribution in [0.4, 0.5) is 0 Å². The van der Waals surface area contributed by atoms with Crippen molar-refractivity contribution >= 4 is 27.5 Å². The molecule has 2 aromatic heterocycles. The molecule has 0 atom stereocenters. The molecule has 0 aliphatic heterocycles. The van der Waals surface area contributed by atoms with Gasteiger partial charge in [-0.3, -0.25) is 9.59 Å². The molecule has 6 heteroatoms. The van der Waals surface area contributed by atoms with Gasteiger partial charge in [0.2, 0.25) is 0 Å². The Morgan fingerprint density at radius 3 is 2.76 bits per heavy atom. The van der Waals surface area contributed by atoms with Gasteiger partial charge in [0.25, 0.3) is 11.5 Å². The van der Waals surface area contributed by atoms with Crippen LogP contribution in [-0.4, -0.2) is 22.1 Å². The molecule has 0 fully saturated rings. The van der Waals surface area contributed by atoms with Crippen LogP contribution in [0, 0.1) is 0 Å². The van der Waals surface area contributed by atoms with E-state index >= 15 is 0 Å². The lowest BCUT2D eigenvalue weighted by Gasteiger charge is -2.13. The number of benzene rings is 1. The van der Waals surface area contributed by atoms with Crippen LogP contribution < -0.4 is 10.9 Å². The molecule has 5 nitrogen and oxygen atoms in total. The number of amides is 1. The Hall–Kier alpha value is -2.86. The van der Waals surface area contributed by atoms with Crippen molar-refractivity contribution in [2.45, 2.75) is 13.0 Å². The van der Waals surface area contributed by atoms with E-state index in [1.165, 1.54) is 15.9 Å². The van der Waals surface area contributed by atoms with Gasteiger partial charge in [0, 0.05) is 6.54 Å². The summed E-state index contributed by atoms with van der Waals surface area (Å²) in [6.45, 7) is 4.29. The number of carbonyl (C=O) groups excluding carboxylic acids is 1. The molecule has 0 saturated carbocycles. The smallest absolute Gasteiger partial charge is 0.268 e. The van der Waals surface area contributed by atoms with Crippen molar-refractivity contribution in [2.24, 2.45) is 0 Å². The Kier molecular flexibility index (Phi) is 5.00. The molecule has 3 rings (SSSR count). The summed E-state index contributed by atoms with van der Waals surface area (Å²) in [5.41, 5.74) is 0.859. The van der Waals surface area contributed by atoms with Gasteiger partial charge in [-0.2, -0.15) is 0 Å². The Morgan fingerprint density at radius 2 is 2.04 bits per heavy atom. The van der Waals surface area contributed by atoms with E-state index in [1.54, 1.807) is 17.5 Å². The summed E-state index contributed by atoms with van der Waals surface area (Å²) < 4.78 is 2.06. The van der Waals surface area contributed by atoms with E-state index in [0.717, 1.165) is 5.56 Å². The minimum Gasteiger partial charge on any atom is -0.505 e. The summed E-state index contributed by atoms with van der Waals surface area (Å²) in [5, 5.41) is 14.9. The zero-order valence-electron chi connectivity index (χ0n) is 13.6. The SMILES string of the molecule is C=CCCNC(=O)c1c(O)c2sccc2n(Cc2ccccc2)c1=O. The van der Waals surface area contributed by atoms with Gasteiger partial charge in [-0.05, 0) is 23.4 Å². The minimum atomic E-state index is -0.568. The van der Waals surface area contributed by atoms with Crippen molar-refractivity contribution in [1.82, 2.24) is 9.88 Å². The highest BCUT2D eigenvalue weighted by Crippen LogP contribution is 2.31. The minimum absolute atomic E-state index is 0.213. The average molecular weight is 354 g/mol. The molecule has 0 aliphatic carbocycles. The highest BCUT2D eigenvalue weighted by Gasteiger charge is 2.22. The Balaban J connectivity index is 2.10. The number of nitrogens with one attached hydrogen (secondary N) is 1.